The van der Waals surface area contributed by atoms with Gasteiger partial charge in [0.05, 0.1) is 53.3 Å². The Morgan fingerprint density at radius 3 is 2.40 bits per heavy atom. The van der Waals surface area contributed by atoms with Crippen molar-refractivity contribution in [3.05, 3.63) is 46.1 Å². The van der Waals surface area contributed by atoms with Crippen molar-refractivity contribution >= 4 is 45.5 Å². The first-order chi connectivity index (χ1) is 19.2. The van der Waals surface area contributed by atoms with Gasteiger partial charge in [-0.1, -0.05) is 23.2 Å². The molecule has 3 aromatic rings. The van der Waals surface area contributed by atoms with Crippen molar-refractivity contribution < 1.29 is 23.0 Å². The number of piperidine rings is 1. The Balaban J connectivity index is 1.27. The van der Waals surface area contributed by atoms with Gasteiger partial charge in [-0.15, -0.1) is 0 Å². The summed E-state index contributed by atoms with van der Waals surface area (Å²) in [4.78, 5) is 6.78. The summed E-state index contributed by atoms with van der Waals surface area (Å²) >= 11 is 12.6. The normalized spacial score (nSPS) is 17.7. The molecule has 5 rings (SSSR count). The SMILES string of the molecule is COc1cc(Nc2c(C#N)cnc3cc(OCCCN4CCC5(CC4)CC(F)(F)C5)c(OC)cc23)c(Cl)cc1Cl. The Labute approximate surface area is 241 Å². The van der Waals surface area contributed by atoms with Crippen LogP contribution in [0.5, 0.6) is 17.2 Å². The molecule has 2 fully saturated rings. The van der Waals surface area contributed by atoms with Crippen LogP contribution in [0.3, 0.4) is 0 Å². The summed E-state index contributed by atoms with van der Waals surface area (Å²) in [6.45, 7) is 2.99. The number of nitrogens with zero attached hydrogens (tertiary/aromatic N) is 3. The van der Waals surface area contributed by atoms with Crippen LogP contribution in [0.2, 0.25) is 10.0 Å². The van der Waals surface area contributed by atoms with Crippen LogP contribution in [0.4, 0.5) is 20.2 Å². The zero-order valence-corrected chi connectivity index (χ0v) is 23.8. The molecule has 7 nitrogen and oxygen atoms in total. The molecule has 1 saturated heterocycles. The van der Waals surface area contributed by atoms with Crippen molar-refractivity contribution in [3.63, 3.8) is 0 Å². The van der Waals surface area contributed by atoms with Crippen LogP contribution >= 0.6 is 23.2 Å². The van der Waals surface area contributed by atoms with E-state index < -0.39 is 5.92 Å². The number of anilines is 2. The second-order valence-corrected chi connectivity index (χ2v) is 11.3. The standard InChI is InChI=1S/C29H30Cl2F2N4O3/c1-38-24-13-23(20(30)11-21(24)31)36-27-18(14-34)15-35-22-12-26(25(39-2)10-19(22)27)40-9-3-6-37-7-4-28(5-8-37)16-29(32,33)17-28/h10-13,15H,3-9,16-17H2,1-2H3,(H,35,36). The van der Waals surface area contributed by atoms with E-state index >= 15 is 0 Å². The molecule has 1 N–H and O–H groups in total. The second kappa shape index (κ2) is 11.4. The van der Waals surface area contributed by atoms with Crippen LogP contribution in [0.15, 0.2) is 30.5 Å². The van der Waals surface area contributed by atoms with Crippen molar-refractivity contribution in [2.24, 2.45) is 5.41 Å². The molecule has 212 valence electrons. The molecule has 0 unspecified atom stereocenters. The number of alkyl halides is 2. The second-order valence-electron chi connectivity index (χ2n) is 10.5. The van der Waals surface area contributed by atoms with Gasteiger partial charge in [-0.25, -0.2) is 8.78 Å². The summed E-state index contributed by atoms with van der Waals surface area (Å²) in [6, 6.07) is 8.96. The predicted molar refractivity (Wildman–Crippen MR) is 152 cm³/mol. The molecule has 2 heterocycles. The summed E-state index contributed by atoms with van der Waals surface area (Å²) in [5, 5.41) is 14.4. The summed E-state index contributed by atoms with van der Waals surface area (Å²) < 4.78 is 43.7. The molecule has 2 aliphatic rings. The van der Waals surface area contributed by atoms with Crippen LogP contribution in [0.25, 0.3) is 10.9 Å². The van der Waals surface area contributed by atoms with E-state index in [0.717, 1.165) is 38.9 Å². The molecule has 1 aliphatic carbocycles. The Morgan fingerprint density at radius 2 is 1.75 bits per heavy atom. The van der Waals surface area contributed by atoms with E-state index in [-0.39, 0.29) is 18.3 Å². The fraction of sp³-hybridized carbons (Fsp3) is 0.448. The molecule has 40 heavy (non-hydrogen) atoms. The first kappa shape index (κ1) is 28.5. The fourth-order valence-electron chi connectivity index (χ4n) is 5.73. The van der Waals surface area contributed by atoms with Gasteiger partial charge in [-0.05, 0) is 49.9 Å². The molecule has 11 heteroatoms. The number of ether oxygens (including phenoxy) is 3. The van der Waals surface area contributed by atoms with Crippen molar-refractivity contribution in [1.29, 1.82) is 5.26 Å². The van der Waals surface area contributed by atoms with Gasteiger partial charge >= 0.3 is 0 Å². The first-order valence-corrected chi connectivity index (χ1v) is 13.9. The Kier molecular flexibility index (Phi) is 8.14. The smallest absolute Gasteiger partial charge is 0.249 e. The van der Waals surface area contributed by atoms with E-state index in [2.05, 4.69) is 21.3 Å². The van der Waals surface area contributed by atoms with Gasteiger partial charge in [-0.3, -0.25) is 4.98 Å². The molecule has 1 aliphatic heterocycles. The number of nitriles is 1. The number of aromatic nitrogens is 1. The van der Waals surface area contributed by atoms with E-state index in [4.69, 9.17) is 37.4 Å². The topological polar surface area (TPSA) is 79.6 Å². The molecule has 0 atom stereocenters. The largest absolute Gasteiger partial charge is 0.495 e. The van der Waals surface area contributed by atoms with Crippen molar-refractivity contribution in [2.75, 3.05) is 45.8 Å². The van der Waals surface area contributed by atoms with Crippen LogP contribution in [-0.2, 0) is 0 Å². The van der Waals surface area contributed by atoms with E-state index in [0.29, 0.717) is 61.7 Å². The average molecular weight is 591 g/mol. The van der Waals surface area contributed by atoms with E-state index in [1.54, 1.807) is 31.4 Å². The zero-order chi connectivity index (χ0) is 28.5. The lowest BCUT2D eigenvalue weighted by Gasteiger charge is -2.51. The highest BCUT2D eigenvalue weighted by Crippen LogP contribution is 2.57. The highest BCUT2D eigenvalue weighted by molar-refractivity contribution is 6.37. The average Bonchev–Trinajstić information content (AvgIpc) is 2.92. The maximum Gasteiger partial charge on any atom is 0.249 e. The predicted octanol–water partition coefficient (Wildman–Crippen LogP) is 7.45. The molecular weight excluding hydrogens is 561 g/mol. The zero-order valence-electron chi connectivity index (χ0n) is 22.3. The molecule has 0 bridgehead atoms. The highest BCUT2D eigenvalue weighted by Gasteiger charge is 2.56. The van der Waals surface area contributed by atoms with E-state index in [1.165, 1.54) is 13.3 Å². The molecule has 2 aromatic carbocycles. The number of nitrogens with one attached hydrogen (secondary N) is 1. The summed E-state index contributed by atoms with van der Waals surface area (Å²) in [5.41, 5.74) is 1.80. The monoisotopic (exact) mass is 590 g/mol. The Hall–Kier alpha value is -3.06. The third-order valence-corrected chi connectivity index (χ3v) is 8.44. The van der Waals surface area contributed by atoms with Crippen LogP contribution < -0.4 is 19.5 Å². The van der Waals surface area contributed by atoms with Gasteiger partial charge in [0, 0.05) is 43.1 Å². The third-order valence-electron chi connectivity index (χ3n) is 7.84. The molecule has 0 radical (unpaired) electrons. The number of pyridine rings is 1. The molecule has 1 aromatic heterocycles. The van der Waals surface area contributed by atoms with Gasteiger partial charge in [0.1, 0.15) is 11.8 Å². The van der Waals surface area contributed by atoms with Crippen molar-refractivity contribution in [1.82, 2.24) is 9.88 Å². The molecule has 1 saturated carbocycles. The van der Waals surface area contributed by atoms with E-state index in [1.807, 2.05) is 0 Å². The van der Waals surface area contributed by atoms with Crippen molar-refractivity contribution in [3.8, 4) is 23.3 Å². The van der Waals surface area contributed by atoms with Gasteiger partial charge in [0.25, 0.3) is 0 Å². The molecule has 1 spiro atoms. The maximum absolute atomic E-state index is 13.4. The number of rotatable bonds is 9. The van der Waals surface area contributed by atoms with Crippen molar-refractivity contribution in [2.45, 2.75) is 38.0 Å². The number of hydrogen-bond acceptors (Lipinski definition) is 7. The quantitative estimate of drug-likeness (QED) is 0.259. The number of fused-ring (bicyclic) bond motifs is 1. The summed E-state index contributed by atoms with van der Waals surface area (Å²) in [5.74, 6) is -0.989. The van der Waals surface area contributed by atoms with Gasteiger partial charge < -0.3 is 24.4 Å². The van der Waals surface area contributed by atoms with E-state index in [9.17, 15) is 14.0 Å². The van der Waals surface area contributed by atoms with Crippen LogP contribution in [0.1, 0.15) is 37.7 Å². The highest BCUT2D eigenvalue weighted by atomic mass is 35.5. The minimum atomic E-state index is -2.47. The molecule has 0 amide bonds. The lowest BCUT2D eigenvalue weighted by Crippen LogP contribution is -2.52. The number of hydrogen-bond donors (Lipinski definition) is 1. The Bertz CT molecular complexity index is 1450. The number of halogens is 4. The van der Waals surface area contributed by atoms with Crippen LogP contribution in [0, 0.1) is 16.7 Å². The van der Waals surface area contributed by atoms with Gasteiger partial charge in [0.15, 0.2) is 11.5 Å². The van der Waals surface area contributed by atoms with Gasteiger partial charge in [0.2, 0.25) is 5.92 Å². The number of methoxy groups -OCH3 is 2. The Morgan fingerprint density at radius 1 is 1.02 bits per heavy atom. The minimum absolute atomic E-state index is 0.0424. The lowest BCUT2D eigenvalue weighted by atomic mass is 9.61. The number of benzene rings is 2. The number of likely N-dealkylation sites (tertiary alicyclic amines) is 1. The summed E-state index contributed by atoms with van der Waals surface area (Å²) in [6.07, 6.45) is 4.03. The third kappa shape index (κ3) is 5.85. The maximum atomic E-state index is 13.4. The van der Waals surface area contributed by atoms with Crippen LogP contribution in [-0.4, -0.2) is 56.3 Å². The van der Waals surface area contributed by atoms with Gasteiger partial charge in [-0.2, -0.15) is 5.26 Å². The lowest BCUT2D eigenvalue weighted by molar-refractivity contribution is -0.177. The first-order valence-electron chi connectivity index (χ1n) is 13.1. The fourth-order valence-corrected chi connectivity index (χ4v) is 6.24. The molecular formula is C29H30Cl2F2N4O3. The minimum Gasteiger partial charge on any atom is -0.495 e. The summed E-state index contributed by atoms with van der Waals surface area (Å²) in [7, 11) is 3.06.